The van der Waals surface area contributed by atoms with Gasteiger partial charge in [0.05, 0.1) is 16.9 Å². The van der Waals surface area contributed by atoms with Crippen LogP contribution in [0.2, 0.25) is 0 Å². The van der Waals surface area contributed by atoms with Crippen molar-refractivity contribution in [2.24, 2.45) is 0 Å². The van der Waals surface area contributed by atoms with E-state index in [0.717, 1.165) is 37.2 Å². The van der Waals surface area contributed by atoms with Crippen molar-refractivity contribution in [3.63, 3.8) is 0 Å². The first-order chi connectivity index (χ1) is 13.0. The molecule has 0 N–H and O–H groups in total. The Kier molecular flexibility index (Phi) is 4.56. The lowest BCUT2D eigenvalue weighted by atomic mass is 10.1. The Morgan fingerprint density at radius 2 is 1.85 bits per heavy atom. The summed E-state index contributed by atoms with van der Waals surface area (Å²) in [6.45, 7) is 7.37. The number of amides is 1. The average molecular weight is 364 g/mol. The molecular weight excluding hydrogens is 340 g/mol. The van der Waals surface area contributed by atoms with Crippen LogP contribution in [-0.2, 0) is 0 Å². The maximum absolute atomic E-state index is 13.3. The number of benzene rings is 1. The number of piperidine rings is 1. The number of aryl methyl sites for hydroxylation is 3. The molecule has 0 bridgehead atoms. The first kappa shape index (κ1) is 17.5. The molecule has 0 aliphatic carbocycles. The van der Waals surface area contributed by atoms with Gasteiger partial charge in [0.25, 0.3) is 5.91 Å². The van der Waals surface area contributed by atoms with Crippen molar-refractivity contribution < 1.29 is 9.32 Å². The van der Waals surface area contributed by atoms with Gasteiger partial charge in [0, 0.05) is 19.2 Å². The summed E-state index contributed by atoms with van der Waals surface area (Å²) in [5, 5.41) is 8.90. The molecule has 27 heavy (non-hydrogen) atoms. The first-order valence-electron chi connectivity index (χ1n) is 9.44. The highest BCUT2D eigenvalue weighted by Crippen LogP contribution is 2.30. The van der Waals surface area contributed by atoms with Gasteiger partial charge in [0.2, 0.25) is 0 Å². The van der Waals surface area contributed by atoms with Crippen LogP contribution in [0.3, 0.4) is 0 Å². The van der Waals surface area contributed by atoms with Crippen molar-refractivity contribution in [1.29, 1.82) is 0 Å². The van der Waals surface area contributed by atoms with E-state index in [1.54, 1.807) is 0 Å². The summed E-state index contributed by atoms with van der Waals surface area (Å²) < 4.78 is 7.12. The fourth-order valence-electron chi connectivity index (χ4n) is 3.70. The maximum atomic E-state index is 13.3. The predicted molar refractivity (Wildman–Crippen MR) is 103 cm³/mol. The molecular formula is C21H24N4O2. The smallest absolute Gasteiger partial charge is 0.258 e. The van der Waals surface area contributed by atoms with Gasteiger partial charge >= 0.3 is 0 Å². The zero-order chi connectivity index (χ0) is 19.0. The quantitative estimate of drug-likeness (QED) is 0.702. The summed E-state index contributed by atoms with van der Waals surface area (Å²) in [5.41, 5.74) is 4.70. The van der Waals surface area contributed by atoms with E-state index in [4.69, 9.17) is 9.62 Å². The molecule has 1 amide bonds. The highest BCUT2D eigenvalue weighted by Gasteiger charge is 2.29. The molecule has 3 heterocycles. The van der Waals surface area contributed by atoms with E-state index in [1.165, 1.54) is 6.42 Å². The molecule has 3 aromatic rings. The molecule has 1 fully saturated rings. The molecule has 1 saturated heterocycles. The van der Waals surface area contributed by atoms with Gasteiger partial charge in [-0.25, -0.2) is 4.68 Å². The van der Waals surface area contributed by atoms with Gasteiger partial charge in [-0.2, -0.15) is 5.10 Å². The van der Waals surface area contributed by atoms with Crippen LogP contribution < -0.4 is 0 Å². The van der Waals surface area contributed by atoms with E-state index in [0.29, 0.717) is 28.4 Å². The monoisotopic (exact) mass is 364 g/mol. The maximum Gasteiger partial charge on any atom is 0.258 e. The van der Waals surface area contributed by atoms with Gasteiger partial charge < -0.3 is 9.42 Å². The lowest BCUT2D eigenvalue weighted by Crippen LogP contribution is -2.36. The van der Waals surface area contributed by atoms with Crippen LogP contribution in [0.15, 0.2) is 34.9 Å². The van der Waals surface area contributed by atoms with Crippen molar-refractivity contribution in [2.45, 2.75) is 40.0 Å². The Labute approximate surface area is 158 Å². The summed E-state index contributed by atoms with van der Waals surface area (Å²) in [6, 6.07) is 9.93. The van der Waals surface area contributed by atoms with E-state index in [2.05, 4.69) is 11.2 Å². The lowest BCUT2D eigenvalue weighted by Gasteiger charge is -2.26. The Morgan fingerprint density at radius 1 is 1.07 bits per heavy atom. The topological polar surface area (TPSA) is 64.2 Å². The number of nitrogens with zero attached hydrogens (tertiary/aromatic N) is 4. The SMILES string of the molecule is Cc1cccc(-n2nc(C)c(C(=O)N3CCCCC3)c2-c2cc(C)on2)c1. The van der Waals surface area contributed by atoms with E-state index in [1.807, 2.05) is 54.6 Å². The van der Waals surface area contributed by atoms with Crippen molar-refractivity contribution in [3.05, 3.63) is 52.9 Å². The summed E-state index contributed by atoms with van der Waals surface area (Å²) in [4.78, 5) is 15.3. The van der Waals surface area contributed by atoms with Crippen LogP contribution in [0.5, 0.6) is 0 Å². The van der Waals surface area contributed by atoms with Crippen molar-refractivity contribution in [1.82, 2.24) is 19.8 Å². The number of rotatable bonds is 3. The molecule has 0 unspecified atom stereocenters. The fraction of sp³-hybridized carbons (Fsp3) is 0.381. The lowest BCUT2D eigenvalue weighted by molar-refractivity contribution is 0.0724. The normalized spacial score (nSPS) is 14.6. The summed E-state index contributed by atoms with van der Waals surface area (Å²) >= 11 is 0. The van der Waals surface area contributed by atoms with Gasteiger partial charge in [-0.1, -0.05) is 17.3 Å². The Balaban J connectivity index is 1.89. The van der Waals surface area contributed by atoms with Crippen LogP contribution in [-0.4, -0.2) is 38.8 Å². The summed E-state index contributed by atoms with van der Waals surface area (Å²) in [6.07, 6.45) is 3.28. The molecule has 140 valence electrons. The molecule has 0 saturated carbocycles. The minimum Gasteiger partial charge on any atom is -0.361 e. The molecule has 6 heteroatoms. The van der Waals surface area contributed by atoms with Gasteiger partial charge in [0.15, 0.2) is 0 Å². The van der Waals surface area contributed by atoms with Crippen molar-refractivity contribution in [2.75, 3.05) is 13.1 Å². The molecule has 0 atom stereocenters. The summed E-state index contributed by atoms with van der Waals surface area (Å²) in [5.74, 6) is 0.734. The number of carbonyl (C=O) groups excluding carboxylic acids is 1. The second-order valence-electron chi connectivity index (χ2n) is 7.24. The molecule has 2 aromatic heterocycles. The van der Waals surface area contributed by atoms with Crippen molar-refractivity contribution >= 4 is 5.91 Å². The number of hydrogen-bond acceptors (Lipinski definition) is 4. The average Bonchev–Trinajstić information content (AvgIpc) is 3.25. The Morgan fingerprint density at radius 3 is 2.52 bits per heavy atom. The fourth-order valence-corrected chi connectivity index (χ4v) is 3.70. The van der Waals surface area contributed by atoms with Gasteiger partial charge in [-0.05, 0) is 57.7 Å². The third-order valence-electron chi connectivity index (χ3n) is 5.03. The third kappa shape index (κ3) is 3.27. The largest absolute Gasteiger partial charge is 0.361 e. The highest BCUT2D eigenvalue weighted by molar-refractivity contribution is 6.01. The van der Waals surface area contributed by atoms with E-state index < -0.39 is 0 Å². The van der Waals surface area contributed by atoms with Gasteiger partial charge in [0.1, 0.15) is 17.1 Å². The van der Waals surface area contributed by atoms with Gasteiger partial charge in [-0.15, -0.1) is 0 Å². The molecule has 4 rings (SSSR count). The zero-order valence-electron chi connectivity index (χ0n) is 16.0. The Bertz CT molecular complexity index is 980. The van der Waals surface area contributed by atoms with Crippen LogP contribution in [0.1, 0.15) is 46.6 Å². The molecule has 6 nitrogen and oxygen atoms in total. The van der Waals surface area contributed by atoms with E-state index >= 15 is 0 Å². The van der Waals surface area contributed by atoms with Crippen molar-refractivity contribution in [3.8, 4) is 17.1 Å². The third-order valence-corrected chi connectivity index (χ3v) is 5.03. The molecule has 0 spiro atoms. The molecule has 1 aromatic carbocycles. The van der Waals surface area contributed by atoms with Crippen LogP contribution in [0, 0.1) is 20.8 Å². The predicted octanol–water partition coefficient (Wildman–Crippen LogP) is 4.08. The molecule has 0 radical (unpaired) electrons. The van der Waals surface area contributed by atoms with Crippen LogP contribution in [0.25, 0.3) is 17.1 Å². The second kappa shape index (κ2) is 7.02. The highest BCUT2D eigenvalue weighted by atomic mass is 16.5. The standard InChI is InChI=1S/C21H24N4O2/c1-14-8-7-9-17(12-14)25-20(18-13-15(2)27-23-18)19(16(3)22-25)21(26)24-10-5-4-6-11-24/h7-9,12-13H,4-6,10-11H2,1-3H3. The number of hydrogen-bond donors (Lipinski definition) is 0. The number of aromatic nitrogens is 3. The van der Waals surface area contributed by atoms with E-state index in [-0.39, 0.29) is 5.91 Å². The molecule has 1 aliphatic heterocycles. The van der Waals surface area contributed by atoms with Crippen LogP contribution >= 0.6 is 0 Å². The minimum atomic E-state index is 0.0294. The minimum absolute atomic E-state index is 0.0294. The first-order valence-corrected chi connectivity index (χ1v) is 9.44. The zero-order valence-corrected chi connectivity index (χ0v) is 16.0. The number of likely N-dealkylation sites (tertiary alicyclic amines) is 1. The summed E-state index contributed by atoms with van der Waals surface area (Å²) in [7, 11) is 0. The van der Waals surface area contributed by atoms with Crippen LogP contribution in [0.4, 0.5) is 0 Å². The molecule has 1 aliphatic rings. The Hall–Kier alpha value is -2.89. The van der Waals surface area contributed by atoms with E-state index in [9.17, 15) is 4.79 Å². The second-order valence-corrected chi connectivity index (χ2v) is 7.24. The number of carbonyl (C=O) groups is 1. The van der Waals surface area contributed by atoms with Gasteiger partial charge in [-0.3, -0.25) is 4.79 Å².